The largest absolute Gasteiger partial charge is 0.451 e. The number of carbonyl (C=O) groups is 2. The summed E-state index contributed by atoms with van der Waals surface area (Å²) >= 11 is 2.72. The maximum absolute atomic E-state index is 13.1. The van der Waals surface area contributed by atoms with Crippen LogP contribution in [0.25, 0.3) is 15.6 Å². The summed E-state index contributed by atoms with van der Waals surface area (Å²) in [4.78, 5) is 33.3. The molecular weight excluding hydrogens is 467 g/mol. The topological polar surface area (TPSA) is 99.0 Å². The van der Waals surface area contributed by atoms with Gasteiger partial charge in [-0.2, -0.15) is 18.3 Å². The Bertz CT molecular complexity index is 1240. The molecule has 0 radical (unpaired) electrons. The van der Waals surface area contributed by atoms with Crippen molar-refractivity contribution in [1.29, 1.82) is 0 Å². The molecule has 0 unspecified atom stereocenters. The number of alkyl halides is 3. The number of rotatable bonds is 6. The van der Waals surface area contributed by atoms with Gasteiger partial charge in [-0.3, -0.25) is 4.79 Å². The van der Waals surface area contributed by atoms with Crippen LogP contribution in [0.1, 0.15) is 16.1 Å². The third-order valence-electron chi connectivity index (χ3n) is 4.04. The van der Waals surface area contributed by atoms with Gasteiger partial charge in [-0.05, 0) is 29.6 Å². The number of benzene rings is 1. The minimum Gasteiger partial charge on any atom is -0.451 e. The van der Waals surface area contributed by atoms with Crippen molar-refractivity contribution in [2.24, 2.45) is 0 Å². The van der Waals surface area contributed by atoms with Crippen molar-refractivity contribution in [1.82, 2.24) is 19.7 Å². The van der Waals surface area contributed by atoms with E-state index in [0.29, 0.717) is 5.01 Å². The first-order valence-corrected chi connectivity index (χ1v) is 10.6. The van der Waals surface area contributed by atoms with Crippen LogP contribution in [-0.4, -0.2) is 38.2 Å². The van der Waals surface area contributed by atoms with Crippen molar-refractivity contribution >= 4 is 40.2 Å². The molecule has 4 rings (SSSR count). The predicted molar refractivity (Wildman–Crippen MR) is 111 cm³/mol. The fourth-order valence-corrected chi connectivity index (χ4v) is 4.22. The van der Waals surface area contributed by atoms with Crippen molar-refractivity contribution in [2.75, 3.05) is 11.9 Å². The van der Waals surface area contributed by atoms with Crippen molar-refractivity contribution in [3.05, 3.63) is 65.0 Å². The molecule has 0 atom stereocenters. The number of nitrogens with one attached hydrogen (secondary N) is 1. The molecule has 3 heterocycles. The molecule has 32 heavy (non-hydrogen) atoms. The van der Waals surface area contributed by atoms with Gasteiger partial charge in [0.15, 0.2) is 12.3 Å². The molecule has 1 N–H and O–H groups in total. The number of carbonyl (C=O) groups excluding carboxylic acids is 2. The monoisotopic (exact) mass is 479 g/mol. The van der Waals surface area contributed by atoms with Crippen LogP contribution < -0.4 is 5.32 Å². The molecule has 8 nitrogen and oxygen atoms in total. The van der Waals surface area contributed by atoms with Gasteiger partial charge in [-0.25, -0.2) is 19.4 Å². The number of nitrogens with zero attached hydrogens (tertiary/aromatic N) is 4. The number of aromatic nitrogens is 4. The van der Waals surface area contributed by atoms with E-state index < -0.39 is 30.2 Å². The van der Waals surface area contributed by atoms with Crippen molar-refractivity contribution in [3.63, 3.8) is 0 Å². The van der Waals surface area contributed by atoms with Gasteiger partial charge in [-0.15, -0.1) is 22.7 Å². The maximum atomic E-state index is 13.1. The minimum absolute atomic E-state index is 0.0357. The second-order valence-electron chi connectivity index (χ2n) is 6.21. The molecule has 1 amide bonds. The summed E-state index contributed by atoms with van der Waals surface area (Å²) in [7, 11) is 0. The van der Waals surface area contributed by atoms with Gasteiger partial charge < -0.3 is 10.1 Å². The number of hydrogen-bond donors (Lipinski definition) is 1. The van der Waals surface area contributed by atoms with Crippen LogP contribution in [0.15, 0.2) is 53.7 Å². The molecule has 0 spiro atoms. The fraction of sp³-hybridized carbons (Fsp3) is 0.105. The van der Waals surface area contributed by atoms with E-state index in [-0.39, 0.29) is 17.1 Å². The lowest BCUT2D eigenvalue weighted by Crippen LogP contribution is -2.22. The lowest BCUT2D eigenvalue weighted by Gasteiger charge is -2.14. The highest BCUT2D eigenvalue weighted by Gasteiger charge is 2.31. The Morgan fingerprint density at radius 1 is 1.19 bits per heavy atom. The van der Waals surface area contributed by atoms with Crippen LogP contribution in [0, 0.1) is 0 Å². The number of thiazole rings is 1. The summed E-state index contributed by atoms with van der Waals surface area (Å²) in [5.74, 6) is -1.65. The molecule has 0 saturated heterocycles. The third-order valence-corrected chi connectivity index (χ3v) is 5.92. The summed E-state index contributed by atoms with van der Waals surface area (Å²) < 4.78 is 45.5. The Morgan fingerprint density at radius 3 is 2.72 bits per heavy atom. The normalized spacial score (nSPS) is 11.3. The van der Waals surface area contributed by atoms with Crippen LogP contribution in [-0.2, 0) is 15.7 Å². The highest BCUT2D eigenvalue weighted by molar-refractivity contribution is 7.20. The van der Waals surface area contributed by atoms with Gasteiger partial charge in [0, 0.05) is 5.38 Å². The molecule has 0 aliphatic rings. The molecule has 164 valence electrons. The first-order chi connectivity index (χ1) is 15.3. The lowest BCUT2D eigenvalue weighted by atomic mass is 10.1. The van der Waals surface area contributed by atoms with E-state index in [4.69, 9.17) is 4.74 Å². The number of anilines is 1. The average Bonchev–Trinajstić information content (AvgIpc) is 3.53. The van der Waals surface area contributed by atoms with E-state index in [1.165, 1.54) is 45.4 Å². The van der Waals surface area contributed by atoms with Gasteiger partial charge in [0.1, 0.15) is 17.7 Å². The average molecular weight is 479 g/mol. The number of ether oxygens (including phenoxy) is 1. The summed E-state index contributed by atoms with van der Waals surface area (Å²) in [6.45, 7) is -0.711. The predicted octanol–water partition coefficient (Wildman–Crippen LogP) is 4.27. The van der Waals surface area contributed by atoms with Crippen molar-refractivity contribution in [2.45, 2.75) is 6.18 Å². The van der Waals surface area contributed by atoms with E-state index in [2.05, 4.69) is 20.4 Å². The number of hydrogen-bond acceptors (Lipinski definition) is 8. The molecule has 0 saturated carbocycles. The molecule has 0 fully saturated rings. The fourth-order valence-electron chi connectivity index (χ4n) is 2.62. The summed E-state index contributed by atoms with van der Waals surface area (Å²) in [6.07, 6.45) is -2.15. The lowest BCUT2D eigenvalue weighted by molar-refractivity contribution is -0.137. The second kappa shape index (κ2) is 8.88. The van der Waals surface area contributed by atoms with E-state index >= 15 is 0 Å². The Labute approximate surface area is 186 Å². The smallest absolute Gasteiger partial charge is 0.416 e. The molecule has 0 bridgehead atoms. The molecule has 3 aromatic heterocycles. The number of thiophene rings is 1. The molecule has 1 aromatic carbocycles. The molecule has 13 heteroatoms. The zero-order valence-electron chi connectivity index (χ0n) is 15.9. The molecular formula is C19H12F3N5O3S2. The first kappa shape index (κ1) is 21.6. The van der Waals surface area contributed by atoms with Crippen LogP contribution in [0.5, 0.6) is 0 Å². The van der Waals surface area contributed by atoms with Crippen molar-refractivity contribution in [3.8, 4) is 15.6 Å². The Morgan fingerprint density at radius 2 is 2.03 bits per heavy atom. The summed E-state index contributed by atoms with van der Waals surface area (Å²) in [5, 5.41) is 10.2. The van der Waals surface area contributed by atoms with E-state index in [1.807, 2.05) is 17.5 Å². The Balaban J connectivity index is 1.45. The highest BCUT2D eigenvalue weighted by Crippen LogP contribution is 2.33. The zero-order chi connectivity index (χ0) is 22.7. The Kier molecular flexibility index (Phi) is 6.01. The van der Waals surface area contributed by atoms with Gasteiger partial charge in [-0.1, -0.05) is 6.07 Å². The van der Waals surface area contributed by atoms with Gasteiger partial charge in [0.2, 0.25) is 0 Å². The van der Waals surface area contributed by atoms with Gasteiger partial charge in [0.05, 0.1) is 21.8 Å². The number of esters is 1. The molecule has 0 aliphatic heterocycles. The van der Waals surface area contributed by atoms with Gasteiger partial charge >= 0.3 is 12.1 Å². The summed E-state index contributed by atoms with van der Waals surface area (Å²) in [6, 6.07) is 6.49. The standard InChI is InChI=1S/C19H12F3N5O3S2/c20-19(21,22)11-3-4-14(27-10-23-9-24-27)12(6-11)25-16(28)7-30-18(29)13-8-32-17(26-13)15-2-1-5-31-15/h1-6,8-10H,7H2,(H,25,28). The van der Waals surface area contributed by atoms with Crippen molar-refractivity contribution < 1.29 is 27.5 Å². The van der Waals surface area contributed by atoms with Crippen LogP contribution in [0.2, 0.25) is 0 Å². The minimum atomic E-state index is -4.61. The van der Waals surface area contributed by atoms with Crippen LogP contribution >= 0.6 is 22.7 Å². The second-order valence-corrected chi connectivity index (χ2v) is 8.02. The highest BCUT2D eigenvalue weighted by atomic mass is 32.1. The van der Waals surface area contributed by atoms with Gasteiger partial charge in [0.25, 0.3) is 5.91 Å². The number of halogens is 3. The molecule has 4 aromatic rings. The SMILES string of the molecule is O=C(COC(=O)c1csc(-c2cccs2)n1)Nc1cc(C(F)(F)F)ccc1-n1cncn1. The number of amides is 1. The first-order valence-electron chi connectivity index (χ1n) is 8.84. The maximum Gasteiger partial charge on any atom is 0.416 e. The third kappa shape index (κ3) is 4.84. The van der Waals surface area contributed by atoms with E-state index in [0.717, 1.165) is 23.1 Å². The quantitative estimate of drug-likeness (QED) is 0.415. The van der Waals surface area contributed by atoms with E-state index in [1.54, 1.807) is 0 Å². The van der Waals surface area contributed by atoms with Crippen LogP contribution in [0.3, 0.4) is 0 Å². The molecule has 0 aliphatic carbocycles. The zero-order valence-corrected chi connectivity index (χ0v) is 17.5. The van der Waals surface area contributed by atoms with Crippen LogP contribution in [0.4, 0.5) is 18.9 Å². The summed E-state index contributed by atoms with van der Waals surface area (Å²) in [5.41, 5.74) is -0.930. The Hall–Kier alpha value is -3.58. The van der Waals surface area contributed by atoms with E-state index in [9.17, 15) is 22.8 Å².